The SMILES string of the molecule is CC(=O)N[C@@H]1CCN(Cc2ccc(-c3ccc(C(=O)N[C@@H](CN)C(=O)NO)cc3)cc2)C1. The van der Waals surface area contributed by atoms with Crippen molar-refractivity contribution in [2.45, 2.75) is 32.0 Å². The van der Waals surface area contributed by atoms with E-state index in [1.807, 2.05) is 24.3 Å². The minimum atomic E-state index is -1.01. The van der Waals surface area contributed by atoms with E-state index < -0.39 is 17.9 Å². The predicted molar refractivity (Wildman–Crippen MR) is 120 cm³/mol. The molecular formula is C23H29N5O4. The summed E-state index contributed by atoms with van der Waals surface area (Å²) in [6.07, 6.45) is 0.967. The summed E-state index contributed by atoms with van der Waals surface area (Å²) in [4.78, 5) is 37.3. The molecule has 1 aliphatic rings. The second kappa shape index (κ2) is 10.9. The van der Waals surface area contributed by atoms with Crippen molar-refractivity contribution in [3.63, 3.8) is 0 Å². The zero-order valence-corrected chi connectivity index (χ0v) is 18.0. The Morgan fingerprint density at radius 2 is 1.72 bits per heavy atom. The van der Waals surface area contributed by atoms with Crippen molar-refractivity contribution >= 4 is 17.7 Å². The van der Waals surface area contributed by atoms with Gasteiger partial charge in [0.2, 0.25) is 5.91 Å². The summed E-state index contributed by atoms with van der Waals surface area (Å²) in [5, 5.41) is 14.2. The molecule has 0 aromatic heterocycles. The lowest BCUT2D eigenvalue weighted by Crippen LogP contribution is -2.50. The third kappa shape index (κ3) is 6.13. The molecule has 2 atom stereocenters. The molecule has 1 heterocycles. The van der Waals surface area contributed by atoms with Crippen LogP contribution in [0.5, 0.6) is 0 Å². The van der Waals surface area contributed by atoms with Crippen LogP contribution in [0.1, 0.15) is 29.3 Å². The average molecular weight is 440 g/mol. The quantitative estimate of drug-likeness (QED) is 0.302. The second-order valence-corrected chi connectivity index (χ2v) is 7.93. The van der Waals surface area contributed by atoms with Gasteiger partial charge >= 0.3 is 0 Å². The Kier molecular flexibility index (Phi) is 7.93. The summed E-state index contributed by atoms with van der Waals surface area (Å²) >= 11 is 0. The number of likely N-dealkylation sites (tertiary alicyclic amines) is 1. The number of nitrogens with one attached hydrogen (secondary N) is 3. The van der Waals surface area contributed by atoms with E-state index >= 15 is 0 Å². The van der Waals surface area contributed by atoms with Crippen molar-refractivity contribution in [2.24, 2.45) is 5.73 Å². The van der Waals surface area contributed by atoms with Crippen LogP contribution in [0.4, 0.5) is 0 Å². The summed E-state index contributed by atoms with van der Waals surface area (Å²) in [7, 11) is 0. The number of nitrogens with zero attached hydrogens (tertiary/aromatic N) is 1. The fourth-order valence-electron chi connectivity index (χ4n) is 3.81. The average Bonchev–Trinajstić information content (AvgIpc) is 3.23. The second-order valence-electron chi connectivity index (χ2n) is 7.93. The van der Waals surface area contributed by atoms with E-state index in [2.05, 4.69) is 27.7 Å². The molecule has 6 N–H and O–H groups in total. The van der Waals surface area contributed by atoms with Crippen molar-refractivity contribution in [1.82, 2.24) is 21.0 Å². The molecule has 32 heavy (non-hydrogen) atoms. The summed E-state index contributed by atoms with van der Waals surface area (Å²) in [5.41, 5.74) is 10.5. The third-order valence-corrected chi connectivity index (χ3v) is 5.49. The number of amides is 3. The van der Waals surface area contributed by atoms with Crippen LogP contribution in [-0.2, 0) is 16.1 Å². The molecule has 1 aliphatic heterocycles. The Morgan fingerprint density at radius 1 is 1.09 bits per heavy atom. The summed E-state index contributed by atoms with van der Waals surface area (Å²) in [6.45, 7) is 4.07. The number of hydroxylamine groups is 1. The van der Waals surface area contributed by atoms with Gasteiger partial charge in [-0.3, -0.25) is 24.5 Å². The number of hydrogen-bond acceptors (Lipinski definition) is 6. The van der Waals surface area contributed by atoms with Crippen molar-refractivity contribution in [3.8, 4) is 11.1 Å². The van der Waals surface area contributed by atoms with E-state index in [1.54, 1.807) is 19.1 Å². The predicted octanol–water partition coefficient (Wildman–Crippen LogP) is 0.627. The zero-order valence-electron chi connectivity index (χ0n) is 18.0. The Labute approximate surface area is 186 Å². The lowest BCUT2D eigenvalue weighted by Gasteiger charge is -2.16. The molecule has 3 rings (SSSR count). The Balaban J connectivity index is 1.58. The lowest BCUT2D eigenvalue weighted by atomic mass is 10.0. The van der Waals surface area contributed by atoms with Crippen LogP contribution >= 0.6 is 0 Å². The summed E-state index contributed by atoms with van der Waals surface area (Å²) in [5.74, 6) is -1.20. The van der Waals surface area contributed by atoms with Gasteiger partial charge in [0.1, 0.15) is 6.04 Å². The molecule has 0 radical (unpaired) electrons. The topological polar surface area (TPSA) is 137 Å². The third-order valence-electron chi connectivity index (χ3n) is 5.49. The highest BCUT2D eigenvalue weighted by Crippen LogP contribution is 2.22. The fraction of sp³-hybridized carbons (Fsp3) is 0.348. The molecule has 1 fully saturated rings. The first-order valence-corrected chi connectivity index (χ1v) is 10.5. The highest BCUT2D eigenvalue weighted by molar-refractivity contribution is 5.97. The van der Waals surface area contributed by atoms with Crippen LogP contribution in [0.25, 0.3) is 11.1 Å². The monoisotopic (exact) mass is 439 g/mol. The van der Waals surface area contributed by atoms with Gasteiger partial charge in [0, 0.05) is 44.7 Å². The number of hydrogen-bond donors (Lipinski definition) is 5. The minimum Gasteiger partial charge on any atom is -0.352 e. The Bertz CT molecular complexity index is 946. The number of nitrogens with two attached hydrogens (primary N) is 1. The van der Waals surface area contributed by atoms with Gasteiger partial charge in [-0.2, -0.15) is 0 Å². The molecule has 9 heteroatoms. The van der Waals surface area contributed by atoms with Crippen LogP contribution in [0.2, 0.25) is 0 Å². The van der Waals surface area contributed by atoms with Crippen LogP contribution in [0, 0.1) is 0 Å². The van der Waals surface area contributed by atoms with Gasteiger partial charge in [-0.05, 0) is 35.2 Å². The molecule has 0 bridgehead atoms. The fourth-order valence-corrected chi connectivity index (χ4v) is 3.81. The maximum absolute atomic E-state index is 12.3. The molecule has 0 aliphatic carbocycles. The Morgan fingerprint density at radius 3 is 2.28 bits per heavy atom. The van der Waals surface area contributed by atoms with Crippen LogP contribution in [-0.4, -0.2) is 59.5 Å². The lowest BCUT2D eigenvalue weighted by molar-refractivity contribution is -0.130. The number of rotatable bonds is 8. The van der Waals surface area contributed by atoms with E-state index in [0.717, 1.165) is 37.2 Å². The number of carbonyl (C=O) groups excluding carboxylic acids is 3. The van der Waals surface area contributed by atoms with E-state index in [1.165, 1.54) is 11.0 Å². The molecule has 9 nitrogen and oxygen atoms in total. The minimum absolute atomic E-state index is 0.0135. The van der Waals surface area contributed by atoms with E-state index in [4.69, 9.17) is 10.9 Å². The smallest absolute Gasteiger partial charge is 0.267 e. The van der Waals surface area contributed by atoms with Crippen LogP contribution < -0.4 is 21.8 Å². The van der Waals surface area contributed by atoms with Crippen molar-refractivity contribution < 1.29 is 19.6 Å². The van der Waals surface area contributed by atoms with Crippen LogP contribution in [0.15, 0.2) is 48.5 Å². The first-order chi connectivity index (χ1) is 15.4. The highest BCUT2D eigenvalue weighted by atomic mass is 16.5. The van der Waals surface area contributed by atoms with E-state index in [-0.39, 0.29) is 18.5 Å². The zero-order chi connectivity index (χ0) is 23.1. The van der Waals surface area contributed by atoms with E-state index in [0.29, 0.717) is 5.56 Å². The van der Waals surface area contributed by atoms with Gasteiger partial charge in [0.15, 0.2) is 0 Å². The molecule has 2 aromatic rings. The van der Waals surface area contributed by atoms with Gasteiger partial charge in [0.25, 0.3) is 11.8 Å². The van der Waals surface area contributed by atoms with Crippen molar-refractivity contribution in [2.75, 3.05) is 19.6 Å². The molecular weight excluding hydrogens is 410 g/mol. The number of carbonyl (C=O) groups is 3. The van der Waals surface area contributed by atoms with Crippen LogP contribution in [0.3, 0.4) is 0 Å². The van der Waals surface area contributed by atoms with Gasteiger partial charge in [-0.1, -0.05) is 36.4 Å². The summed E-state index contributed by atoms with van der Waals surface area (Å²) in [6, 6.07) is 14.5. The maximum Gasteiger partial charge on any atom is 0.267 e. The van der Waals surface area contributed by atoms with Gasteiger partial charge < -0.3 is 16.4 Å². The first kappa shape index (κ1) is 23.4. The molecule has 0 unspecified atom stereocenters. The maximum atomic E-state index is 12.3. The normalized spacial score (nSPS) is 16.9. The first-order valence-electron chi connectivity index (χ1n) is 10.5. The standard InChI is InChI=1S/C23H29N5O4/c1-15(29)25-20-10-11-28(14-20)13-16-2-4-17(5-3-16)18-6-8-19(9-7-18)22(30)26-21(12-24)23(31)27-32/h2-9,20-21,32H,10-14,24H2,1H3,(H,25,29)(H,26,30)(H,27,31)/t20-,21+/m1/s1. The van der Waals surface area contributed by atoms with E-state index in [9.17, 15) is 14.4 Å². The number of benzene rings is 2. The van der Waals surface area contributed by atoms with Crippen molar-refractivity contribution in [3.05, 3.63) is 59.7 Å². The van der Waals surface area contributed by atoms with Gasteiger partial charge in [-0.15, -0.1) is 0 Å². The van der Waals surface area contributed by atoms with Gasteiger partial charge in [-0.25, -0.2) is 5.48 Å². The largest absolute Gasteiger partial charge is 0.352 e. The Hall–Kier alpha value is -3.27. The molecule has 1 saturated heterocycles. The molecule has 0 saturated carbocycles. The van der Waals surface area contributed by atoms with Gasteiger partial charge in [0.05, 0.1) is 0 Å². The molecule has 3 amide bonds. The summed E-state index contributed by atoms with van der Waals surface area (Å²) < 4.78 is 0. The highest BCUT2D eigenvalue weighted by Gasteiger charge is 2.23. The molecule has 0 spiro atoms. The molecule has 2 aromatic carbocycles. The van der Waals surface area contributed by atoms with Crippen molar-refractivity contribution in [1.29, 1.82) is 0 Å². The molecule has 170 valence electrons.